The largest absolute Gasteiger partial charge is 0.497 e. The number of hydrogen-bond donors (Lipinski definition) is 1. The van der Waals surface area contributed by atoms with Crippen molar-refractivity contribution in [2.24, 2.45) is 5.92 Å². The smallest absolute Gasteiger partial charge is 0.260 e. The van der Waals surface area contributed by atoms with Gasteiger partial charge in [0.25, 0.3) is 5.91 Å². The van der Waals surface area contributed by atoms with E-state index in [1.807, 2.05) is 29.2 Å². The first-order valence-corrected chi connectivity index (χ1v) is 9.56. The van der Waals surface area contributed by atoms with E-state index >= 15 is 0 Å². The highest BCUT2D eigenvalue weighted by atomic mass is 16.5. The first kappa shape index (κ1) is 18.1. The Hall–Kier alpha value is -1.75. The molecule has 1 aromatic carbocycles. The molecule has 1 saturated heterocycles. The first-order valence-electron chi connectivity index (χ1n) is 9.56. The molecule has 0 radical (unpaired) electrons. The quantitative estimate of drug-likeness (QED) is 0.875. The summed E-state index contributed by atoms with van der Waals surface area (Å²) in [5, 5.41) is 0. The Morgan fingerprint density at radius 3 is 2.40 bits per heavy atom. The van der Waals surface area contributed by atoms with Crippen LogP contribution in [0, 0.1) is 5.92 Å². The van der Waals surface area contributed by atoms with Crippen LogP contribution in [-0.4, -0.2) is 56.7 Å². The lowest BCUT2D eigenvalue weighted by Gasteiger charge is -2.40. The number of ether oxygens (including phenoxy) is 2. The van der Waals surface area contributed by atoms with Crippen molar-refractivity contribution in [3.63, 3.8) is 0 Å². The highest BCUT2D eigenvalue weighted by Crippen LogP contribution is 2.22. The van der Waals surface area contributed by atoms with E-state index in [-0.39, 0.29) is 12.5 Å². The van der Waals surface area contributed by atoms with Crippen LogP contribution in [0.15, 0.2) is 24.3 Å². The normalized spacial score (nSPS) is 24.8. The van der Waals surface area contributed by atoms with Crippen molar-refractivity contribution in [3.8, 4) is 11.5 Å². The first-order chi connectivity index (χ1) is 12.2. The van der Waals surface area contributed by atoms with Gasteiger partial charge in [-0.3, -0.25) is 4.79 Å². The number of amides is 1. The minimum atomic E-state index is 0.0894. The van der Waals surface area contributed by atoms with Gasteiger partial charge in [-0.25, -0.2) is 0 Å². The SMILES string of the molecule is COc1ccc(OCC(=O)N2CC[NH+](C3CCCCC3C)CC2)cc1. The molecular weight excluding hydrogens is 316 g/mol. The molecule has 2 aliphatic rings. The van der Waals surface area contributed by atoms with E-state index in [0.717, 1.165) is 43.9 Å². The molecule has 1 saturated carbocycles. The van der Waals surface area contributed by atoms with Crippen molar-refractivity contribution in [1.29, 1.82) is 0 Å². The molecule has 0 bridgehead atoms. The van der Waals surface area contributed by atoms with Crippen molar-refractivity contribution in [2.45, 2.75) is 38.6 Å². The highest BCUT2D eigenvalue weighted by Gasteiger charge is 2.33. The number of carbonyl (C=O) groups is 1. The maximum Gasteiger partial charge on any atom is 0.260 e. The monoisotopic (exact) mass is 347 g/mol. The fourth-order valence-corrected chi connectivity index (χ4v) is 4.25. The second kappa shape index (κ2) is 8.56. The van der Waals surface area contributed by atoms with Gasteiger partial charge in [-0.05, 0) is 43.5 Å². The number of methoxy groups -OCH3 is 1. The third kappa shape index (κ3) is 4.66. The molecule has 1 N–H and O–H groups in total. The molecule has 1 aromatic rings. The van der Waals surface area contributed by atoms with Crippen LogP contribution in [0.4, 0.5) is 0 Å². The molecule has 0 aromatic heterocycles. The molecule has 1 aliphatic heterocycles. The topological polar surface area (TPSA) is 43.2 Å². The number of nitrogens with zero attached hydrogens (tertiary/aromatic N) is 1. The van der Waals surface area contributed by atoms with Crippen LogP contribution in [0.1, 0.15) is 32.6 Å². The summed E-state index contributed by atoms with van der Waals surface area (Å²) in [6.07, 6.45) is 5.48. The number of quaternary nitrogens is 1. The molecule has 2 atom stereocenters. The predicted octanol–water partition coefficient (Wildman–Crippen LogP) is 1.38. The lowest BCUT2D eigenvalue weighted by Crippen LogP contribution is -3.19. The average Bonchev–Trinajstić information content (AvgIpc) is 2.67. The van der Waals surface area contributed by atoms with E-state index in [1.54, 1.807) is 12.0 Å². The second-order valence-corrected chi connectivity index (χ2v) is 7.37. The van der Waals surface area contributed by atoms with Gasteiger partial charge >= 0.3 is 0 Å². The molecule has 3 rings (SSSR count). The molecule has 1 aliphatic carbocycles. The molecule has 5 heteroatoms. The lowest BCUT2D eigenvalue weighted by atomic mass is 9.84. The van der Waals surface area contributed by atoms with Gasteiger partial charge in [0.05, 0.1) is 39.3 Å². The Morgan fingerprint density at radius 2 is 1.76 bits per heavy atom. The lowest BCUT2D eigenvalue weighted by molar-refractivity contribution is -0.934. The predicted molar refractivity (Wildman–Crippen MR) is 97.2 cm³/mol. The van der Waals surface area contributed by atoms with Crippen molar-refractivity contribution in [3.05, 3.63) is 24.3 Å². The van der Waals surface area contributed by atoms with Crippen LogP contribution >= 0.6 is 0 Å². The number of benzene rings is 1. The van der Waals surface area contributed by atoms with Gasteiger partial charge in [0.15, 0.2) is 6.61 Å². The number of piperazine rings is 1. The Balaban J connectivity index is 1.43. The molecule has 1 amide bonds. The van der Waals surface area contributed by atoms with Crippen molar-refractivity contribution in [2.75, 3.05) is 39.9 Å². The van der Waals surface area contributed by atoms with Gasteiger partial charge in [-0.15, -0.1) is 0 Å². The number of hydrogen-bond acceptors (Lipinski definition) is 3. The highest BCUT2D eigenvalue weighted by molar-refractivity contribution is 5.77. The molecule has 2 unspecified atom stereocenters. The number of carbonyl (C=O) groups excluding carboxylic acids is 1. The fourth-order valence-electron chi connectivity index (χ4n) is 4.25. The molecule has 25 heavy (non-hydrogen) atoms. The van der Waals surface area contributed by atoms with E-state index in [2.05, 4.69) is 6.92 Å². The van der Waals surface area contributed by atoms with E-state index in [0.29, 0.717) is 5.75 Å². The zero-order valence-electron chi connectivity index (χ0n) is 15.5. The van der Waals surface area contributed by atoms with Gasteiger partial charge in [0.1, 0.15) is 11.5 Å². The van der Waals surface area contributed by atoms with Crippen LogP contribution in [0.2, 0.25) is 0 Å². The standard InChI is InChI=1S/C20H30N2O3/c1-16-5-3-4-6-19(16)21-11-13-22(14-12-21)20(23)15-25-18-9-7-17(24-2)8-10-18/h7-10,16,19H,3-6,11-15H2,1-2H3/p+1. The van der Waals surface area contributed by atoms with Gasteiger partial charge in [0, 0.05) is 5.92 Å². The average molecular weight is 347 g/mol. The van der Waals surface area contributed by atoms with Gasteiger partial charge in [-0.2, -0.15) is 0 Å². The summed E-state index contributed by atoms with van der Waals surface area (Å²) in [4.78, 5) is 16.1. The summed E-state index contributed by atoms with van der Waals surface area (Å²) in [5.41, 5.74) is 0. The van der Waals surface area contributed by atoms with Crippen molar-refractivity contribution < 1.29 is 19.2 Å². The molecule has 138 valence electrons. The van der Waals surface area contributed by atoms with Crippen molar-refractivity contribution in [1.82, 2.24) is 4.90 Å². The van der Waals surface area contributed by atoms with Crippen LogP contribution in [0.25, 0.3) is 0 Å². The van der Waals surface area contributed by atoms with Crippen LogP contribution < -0.4 is 14.4 Å². The number of rotatable bonds is 5. The summed E-state index contributed by atoms with van der Waals surface area (Å²) in [5.74, 6) is 2.40. The van der Waals surface area contributed by atoms with Gasteiger partial charge in [-0.1, -0.05) is 13.3 Å². The zero-order valence-corrected chi connectivity index (χ0v) is 15.5. The molecule has 1 heterocycles. The van der Waals surface area contributed by atoms with E-state index in [9.17, 15) is 4.79 Å². The maximum atomic E-state index is 12.4. The summed E-state index contributed by atoms with van der Waals surface area (Å²) in [6, 6.07) is 8.14. The fraction of sp³-hybridized carbons (Fsp3) is 0.650. The minimum Gasteiger partial charge on any atom is -0.497 e. The van der Waals surface area contributed by atoms with Crippen molar-refractivity contribution >= 4 is 5.91 Å². The van der Waals surface area contributed by atoms with Crippen LogP contribution in [0.3, 0.4) is 0 Å². The van der Waals surface area contributed by atoms with Gasteiger partial charge in [0.2, 0.25) is 0 Å². The summed E-state index contributed by atoms with van der Waals surface area (Å²) >= 11 is 0. The Morgan fingerprint density at radius 1 is 1.12 bits per heavy atom. The Labute approximate surface area is 150 Å². The molecule has 2 fully saturated rings. The Kier molecular flexibility index (Phi) is 6.19. The third-order valence-electron chi connectivity index (χ3n) is 5.82. The minimum absolute atomic E-state index is 0.0894. The maximum absolute atomic E-state index is 12.4. The summed E-state index contributed by atoms with van der Waals surface area (Å²) < 4.78 is 10.8. The van der Waals surface area contributed by atoms with Gasteiger partial charge < -0.3 is 19.3 Å². The van der Waals surface area contributed by atoms with E-state index in [4.69, 9.17) is 9.47 Å². The zero-order chi connectivity index (χ0) is 17.6. The molecule has 5 nitrogen and oxygen atoms in total. The summed E-state index contributed by atoms with van der Waals surface area (Å²) in [7, 11) is 1.63. The third-order valence-corrected chi connectivity index (χ3v) is 5.82. The molecule has 0 spiro atoms. The van der Waals surface area contributed by atoms with Crippen LogP contribution in [0.5, 0.6) is 11.5 Å². The summed E-state index contributed by atoms with van der Waals surface area (Å²) in [6.45, 7) is 6.36. The van der Waals surface area contributed by atoms with E-state index < -0.39 is 0 Å². The second-order valence-electron chi connectivity index (χ2n) is 7.37. The Bertz CT molecular complexity index is 553. The van der Waals surface area contributed by atoms with E-state index in [1.165, 1.54) is 25.7 Å². The molecular formula is C20H31N2O3+. The number of nitrogens with one attached hydrogen (secondary N) is 1. The van der Waals surface area contributed by atoms with Crippen LogP contribution in [-0.2, 0) is 4.79 Å².